The number of piperidine rings is 2. The van der Waals surface area contributed by atoms with Gasteiger partial charge < -0.3 is 10.2 Å². The van der Waals surface area contributed by atoms with Gasteiger partial charge in [0.1, 0.15) is 5.82 Å². The Morgan fingerprint density at radius 1 is 0.970 bits per heavy atom. The maximum Gasteiger partial charge on any atom is 0.243 e. The molecule has 2 aliphatic heterocycles. The van der Waals surface area contributed by atoms with Crippen LogP contribution in [0.15, 0.2) is 53.4 Å². The summed E-state index contributed by atoms with van der Waals surface area (Å²) in [4.78, 5) is 15.4. The van der Waals surface area contributed by atoms with Crippen LogP contribution >= 0.6 is 0 Å². The summed E-state index contributed by atoms with van der Waals surface area (Å²) in [6, 6.07) is 13.0. The molecule has 2 aromatic rings. The summed E-state index contributed by atoms with van der Waals surface area (Å²) in [6.45, 7) is 4.61. The van der Waals surface area contributed by atoms with Crippen LogP contribution < -0.4 is 10.2 Å². The monoisotopic (exact) mass is 473 g/mol. The quantitative estimate of drug-likeness (QED) is 0.686. The average Bonchev–Trinajstić information content (AvgIpc) is 2.85. The lowest BCUT2D eigenvalue weighted by Crippen LogP contribution is -2.45. The van der Waals surface area contributed by atoms with Crippen LogP contribution in [-0.4, -0.2) is 44.8 Å². The number of nitrogens with zero attached hydrogens (tertiary/aromatic N) is 2. The molecule has 1 N–H and O–H groups in total. The first-order valence-corrected chi connectivity index (χ1v) is 13.2. The van der Waals surface area contributed by atoms with Gasteiger partial charge in [0.25, 0.3) is 0 Å². The van der Waals surface area contributed by atoms with Crippen molar-refractivity contribution in [1.82, 2.24) is 9.62 Å². The minimum atomic E-state index is -3.76. The lowest BCUT2D eigenvalue weighted by atomic mass is 9.97. The molecule has 2 saturated heterocycles. The lowest BCUT2D eigenvalue weighted by Gasteiger charge is -2.32. The standard InChI is InChI=1S/C25H32FN3O3S/c1-19(20-7-11-23(12-8-20)28-15-3-2-4-16-28)27-25(30)21-6-5-17-29(18-21)33(31,32)24-13-9-22(26)10-14-24/h7-14,19,21H,2-6,15-18H2,1H3,(H,27,30)/t19-,21-/m1/s1. The van der Waals surface area contributed by atoms with Crippen LogP contribution in [0.1, 0.15) is 50.6 Å². The first-order chi connectivity index (χ1) is 15.8. The van der Waals surface area contributed by atoms with Gasteiger partial charge in [-0.1, -0.05) is 12.1 Å². The molecule has 2 aromatic carbocycles. The minimum absolute atomic E-state index is 0.0483. The smallest absolute Gasteiger partial charge is 0.243 e. The molecule has 6 nitrogen and oxygen atoms in total. The van der Waals surface area contributed by atoms with E-state index in [2.05, 4.69) is 34.5 Å². The number of carbonyl (C=O) groups excluding carboxylic acids is 1. The van der Waals surface area contributed by atoms with Gasteiger partial charge in [0.05, 0.1) is 16.9 Å². The summed E-state index contributed by atoms with van der Waals surface area (Å²) in [7, 11) is -3.76. The zero-order chi connectivity index (χ0) is 23.4. The van der Waals surface area contributed by atoms with Gasteiger partial charge in [0.2, 0.25) is 15.9 Å². The number of sulfonamides is 1. The van der Waals surface area contributed by atoms with Gasteiger partial charge in [0, 0.05) is 31.9 Å². The Kier molecular flexibility index (Phi) is 7.34. The highest BCUT2D eigenvalue weighted by Gasteiger charge is 2.33. The number of benzene rings is 2. The lowest BCUT2D eigenvalue weighted by molar-refractivity contribution is -0.126. The van der Waals surface area contributed by atoms with Gasteiger partial charge >= 0.3 is 0 Å². The molecule has 33 heavy (non-hydrogen) atoms. The number of halogens is 1. The highest BCUT2D eigenvalue weighted by molar-refractivity contribution is 7.89. The zero-order valence-electron chi connectivity index (χ0n) is 19.0. The number of carbonyl (C=O) groups is 1. The molecule has 2 aliphatic rings. The fourth-order valence-corrected chi connectivity index (χ4v) is 6.19. The van der Waals surface area contributed by atoms with Crippen LogP contribution in [-0.2, 0) is 14.8 Å². The predicted molar refractivity (Wildman–Crippen MR) is 127 cm³/mol. The summed E-state index contributed by atoms with van der Waals surface area (Å²) in [5, 5.41) is 3.06. The Labute approximate surface area is 195 Å². The third-order valence-electron chi connectivity index (χ3n) is 6.68. The molecule has 4 rings (SSSR count). The molecule has 0 aromatic heterocycles. The van der Waals surface area contributed by atoms with Gasteiger partial charge in [0.15, 0.2) is 0 Å². The van der Waals surface area contributed by atoms with Crippen molar-refractivity contribution in [3.63, 3.8) is 0 Å². The van der Waals surface area contributed by atoms with E-state index in [1.165, 1.54) is 41.4 Å². The largest absolute Gasteiger partial charge is 0.372 e. The Bertz CT molecular complexity index is 1050. The van der Waals surface area contributed by atoms with Gasteiger partial charge in [-0.05, 0) is 81.0 Å². The zero-order valence-corrected chi connectivity index (χ0v) is 19.9. The summed E-state index contributed by atoms with van der Waals surface area (Å²) in [5.74, 6) is -1.03. The molecule has 0 saturated carbocycles. The SMILES string of the molecule is C[C@@H](NC(=O)[C@@H]1CCCN(S(=O)(=O)c2ccc(F)cc2)C1)c1ccc(N2CCCCC2)cc1. The van der Waals surface area contributed by atoms with Crippen LogP contribution in [0.25, 0.3) is 0 Å². The number of anilines is 1. The number of rotatable bonds is 6. The first kappa shape index (κ1) is 23.7. The highest BCUT2D eigenvalue weighted by Crippen LogP contribution is 2.26. The Balaban J connectivity index is 1.37. The third kappa shape index (κ3) is 5.55. The van der Waals surface area contributed by atoms with E-state index >= 15 is 0 Å². The second kappa shape index (κ2) is 10.2. The fourth-order valence-electron chi connectivity index (χ4n) is 4.67. The number of hydrogen-bond acceptors (Lipinski definition) is 4. The first-order valence-electron chi connectivity index (χ1n) is 11.8. The van der Waals surface area contributed by atoms with Crippen molar-refractivity contribution < 1.29 is 17.6 Å². The molecule has 0 unspecified atom stereocenters. The van der Waals surface area contributed by atoms with Crippen molar-refractivity contribution >= 4 is 21.6 Å². The fraction of sp³-hybridized carbons (Fsp3) is 0.480. The van der Waals surface area contributed by atoms with E-state index in [9.17, 15) is 17.6 Å². The van der Waals surface area contributed by atoms with E-state index in [1.54, 1.807) is 0 Å². The maximum absolute atomic E-state index is 13.2. The summed E-state index contributed by atoms with van der Waals surface area (Å²) >= 11 is 0. The average molecular weight is 474 g/mol. The molecular weight excluding hydrogens is 441 g/mol. The van der Waals surface area contributed by atoms with Crippen LogP contribution in [0.3, 0.4) is 0 Å². The Morgan fingerprint density at radius 3 is 2.30 bits per heavy atom. The number of hydrogen-bond donors (Lipinski definition) is 1. The maximum atomic E-state index is 13.2. The molecule has 2 atom stereocenters. The van der Waals surface area contributed by atoms with Gasteiger partial charge in [-0.3, -0.25) is 4.79 Å². The summed E-state index contributed by atoms with van der Waals surface area (Å²) < 4.78 is 40.4. The van der Waals surface area contributed by atoms with Crippen LogP contribution in [0.2, 0.25) is 0 Å². The van der Waals surface area contributed by atoms with Crippen LogP contribution in [0.5, 0.6) is 0 Å². The second-order valence-electron chi connectivity index (χ2n) is 9.03. The van der Waals surface area contributed by atoms with E-state index in [0.717, 1.165) is 30.8 Å². The number of amides is 1. The second-order valence-corrected chi connectivity index (χ2v) is 11.0. The van der Waals surface area contributed by atoms with E-state index in [-0.39, 0.29) is 23.4 Å². The third-order valence-corrected chi connectivity index (χ3v) is 8.56. The van der Waals surface area contributed by atoms with Crippen LogP contribution in [0, 0.1) is 11.7 Å². The summed E-state index contributed by atoms with van der Waals surface area (Å²) in [6.07, 6.45) is 4.99. The van der Waals surface area contributed by atoms with Crippen molar-refractivity contribution in [3.05, 3.63) is 59.9 Å². The van der Waals surface area contributed by atoms with E-state index in [4.69, 9.17) is 0 Å². The molecule has 0 spiro atoms. The molecular formula is C25H32FN3O3S. The predicted octanol–water partition coefficient (Wildman–Crippen LogP) is 4.09. The summed E-state index contributed by atoms with van der Waals surface area (Å²) in [5.41, 5.74) is 2.24. The number of nitrogens with one attached hydrogen (secondary N) is 1. The molecule has 0 bridgehead atoms. The molecule has 2 fully saturated rings. The van der Waals surface area contributed by atoms with Gasteiger partial charge in [-0.15, -0.1) is 0 Å². The topological polar surface area (TPSA) is 69.7 Å². The Hall–Kier alpha value is -2.45. The minimum Gasteiger partial charge on any atom is -0.372 e. The van der Waals surface area contributed by atoms with Crippen LogP contribution in [0.4, 0.5) is 10.1 Å². The van der Waals surface area contributed by atoms with Gasteiger partial charge in [-0.2, -0.15) is 4.31 Å². The molecule has 0 radical (unpaired) electrons. The molecule has 178 valence electrons. The Morgan fingerprint density at radius 2 is 1.64 bits per heavy atom. The van der Waals surface area contributed by atoms with Crippen molar-refractivity contribution in [2.45, 2.75) is 50.0 Å². The van der Waals surface area contributed by atoms with E-state index in [0.29, 0.717) is 19.4 Å². The molecule has 1 amide bonds. The highest BCUT2D eigenvalue weighted by atomic mass is 32.2. The van der Waals surface area contributed by atoms with Gasteiger partial charge in [-0.25, -0.2) is 12.8 Å². The normalized spacial score (nSPS) is 20.9. The molecule has 0 aliphatic carbocycles. The van der Waals surface area contributed by atoms with Crippen molar-refractivity contribution in [2.75, 3.05) is 31.1 Å². The molecule has 2 heterocycles. The van der Waals surface area contributed by atoms with Crippen molar-refractivity contribution in [2.24, 2.45) is 5.92 Å². The van der Waals surface area contributed by atoms with Crippen molar-refractivity contribution in [3.8, 4) is 0 Å². The van der Waals surface area contributed by atoms with Crippen molar-refractivity contribution in [1.29, 1.82) is 0 Å². The molecule has 8 heteroatoms. The van der Waals surface area contributed by atoms with E-state index < -0.39 is 21.8 Å². The van der Waals surface area contributed by atoms with E-state index in [1.807, 2.05) is 6.92 Å².